The van der Waals surface area contributed by atoms with Crippen molar-refractivity contribution in [2.45, 2.75) is 45.3 Å². The minimum atomic E-state index is -1.34. The lowest BCUT2D eigenvalue weighted by atomic mass is 10.1. The zero-order valence-electron chi connectivity index (χ0n) is 6.63. The molecule has 0 fully saturated rings. The lowest BCUT2D eigenvalue weighted by Gasteiger charge is -2.12. The van der Waals surface area contributed by atoms with Gasteiger partial charge in [0.2, 0.25) is 0 Å². The van der Waals surface area contributed by atoms with Crippen molar-refractivity contribution in [3.63, 3.8) is 0 Å². The van der Waals surface area contributed by atoms with Gasteiger partial charge in [-0.3, -0.25) is 0 Å². The third-order valence-corrected chi connectivity index (χ3v) is 1.45. The monoisotopic (exact) mass is 145 g/mol. The quantitative estimate of drug-likeness (QED) is 0.475. The number of hydrogen-bond acceptors (Lipinski definition) is 3. The van der Waals surface area contributed by atoms with E-state index in [9.17, 15) is 4.91 Å². The van der Waals surface area contributed by atoms with Gasteiger partial charge in [-0.15, -0.1) is 4.91 Å². The van der Waals surface area contributed by atoms with Gasteiger partial charge < -0.3 is 5.11 Å². The fraction of sp³-hybridized carbons (Fsp3) is 1.00. The molecule has 0 aliphatic rings. The third kappa shape index (κ3) is 4.44. The molecule has 3 heteroatoms. The molecule has 10 heavy (non-hydrogen) atoms. The molecule has 0 aliphatic heterocycles. The summed E-state index contributed by atoms with van der Waals surface area (Å²) >= 11 is 0. The van der Waals surface area contributed by atoms with Crippen LogP contribution in [0.1, 0.15) is 39.5 Å². The van der Waals surface area contributed by atoms with Gasteiger partial charge in [0.1, 0.15) is 0 Å². The zero-order valence-corrected chi connectivity index (χ0v) is 6.63. The van der Waals surface area contributed by atoms with E-state index < -0.39 is 5.72 Å². The van der Waals surface area contributed by atoms with Gasteiger partial charge in [-0.2, -0.15) is 0 Å². The van der Waals surface area contributed by atoms with Crippen molar-refractivity contribution in [2.24, 2.45) is 5.18 Å². The molecule has 0 aliphatic carbocycles. The average Bonchev–Trinajstić information content (AvgIpc) is 1.89. The van der Waals surface area contributed by atoms with E-state index in [1.807, 2.05) is 0 Å². The smallest absolute Gasteiger partial charge is 0.194 e. The number of aliphatic hydroxyl groups is 1. The van der Waals surface area contributed by atoms with E-state index in [-0.39, 0.29) is 0 Å². The maximum Gasteiger partial charge on any atom is 0.194 e. The molecule has 0 saturated carbocycles. The van der Waals surface area contributed by atoms with E-state index in [4.69, 9.17) is 5.11 Å². The van der Waals surface area contributed by atoms with Crippen molar-refractivity contribution in [1.82, 2.24) is 0 Å². The highest BCUT2D eigenvalue weighted by atomic mass is 16.4. The SMILES string of the molecule is CCCCCC(C)(O)N=O. The summed E-state index contributed by atoms with van der Waals surface area (Å²) in [6.45, 7) is 3.51. The molecule has 1 N–H and O–H groups in total. The molecule has 0 aromatic rings. The molecule has 0 bridgehead atoms. The maximum atomic E-state index is 9.92. The fourth-order valence-electron chi connectivity index (χ4n) is 0.756. The predicted molar refractivity (Wildman–Crippen MR) is 40.6 cm³/mol. The average molecular weight is 145 g/mol. The van der Waals surface area contributed by atoms with E-state index in [1.165, 1.54) is 6.92 Å². The van der Waals surface area contributed by atoms with Crippen LogP contribution in [0.2, 0.25) is 0 Å². The molecule has 0 radical (unpaired) electrons. The molecule has 1 atom stereocenters. The van der Waals surface area contributed by atoms with Gasteiger partial charge >= 0.3 is 0 Å². The minimum absolute atomic E-state index is 0.477. The molecule has 0 aromatic heterocycles. The summed E-state index contributed by atoms with van der Waals surface area (Å²) in [4.78, 5) is 9.92. The molecule has 0 heterocycles. The minimum Gasteiger partial charge on any atom is -0.367 e. The normalized spacial score (nSPS) is 16.3. The topological polar surface area (TPSA) is 49.7 Å². The molecule has 3 nitrogen and oxygen atoms in total. The molecule has 0 aromatic carbocycles. The third-order valence-electron chi connectivity index (χ3n) is 1.45. The highest BCUT2D eigenvalue weighted by Gasteiger charge is 2.18. The Bertz CT molecular complexity index is 102. The van der Waals surface area contributed by atoms with Gasteiger partial charge in [0.15, 0.2) is 5.72 Å². The predicted octanol–water partition coefficient (Wildman–Crippen LogP) is 2.04. The second kappa shape index (κ2) is 4.39. The van der Waals surface area contributed by atoms with Crippen molar-refractivity contribution >= 4 is 0 Å². The van der Waals surface area contributed by atoms with Crippen LogP contribution in [0.3, 0.4) is 0 Å². The first-order valence-electron chi connectivity index (χ1n) is 3.69. The van der Waals surface area contributed by atoms with Crippen molar-refractivity contribution in [3.05, 3.63) is 4.91 Å². The van der Waals surface area contributed by atoms with E-state index in [0.29, 0.717) is 6.42 Å². The number of unbranched alkanes of at least 4 members (excludes halogenated alkanes) is 2. The van der Waals surface area contributed by atoms with Crippen molar-refractivity contribution < 1.29 is 5.11 Å². The van der Waals surface area contributed by atoms with E-state index in [2.05, 4.69) is 12.1 Å². The number of nitroso groups, excluding NO2 is 1. The van der Waals surface area contributed by atoms with Crippen LogP contribution in [0.5, 0.6) is 0 Å². The fourth-order valence-corrected chi connectivity index (χ4v) is 0.756. The van der Waals surface area contributed by atoms with Crippen LogP contribution in [-0.4, -0.2) is 10.8 Å². The first-order chi connectivity index (χ1) is 4.62. The largest absolute Gasteiger partial charge is 0.367 e. The van der Waals surface area contributed by atoms with Gasteiger partial charge in [-0.05, 0) is 24.9 Å². The second-order valence-corrected chi connectivity index (χ2v) is 2.77. The maximum absolute atomic E-state index is 9.92. The van der Waals surface area contributed by atoms with E-state index in [0.717, 1.165) is 19.3 Å². The standard InChI is InChI=1S/C7H15NO2/c1-3-4-5-6-7(2,9)8-10/h9H,3-6H2,1-2H3. The Morgan fingerprint density at radius 2 is 2.10 bits per heavy atom. The molecular weight excluding hydrogens is 130 g/mol. The van der Waals surface area contributed by atoms with Crippen molar-refractivity contribution in [1.29, 1.82) is 0 Å². The summed E-state index contributed by atoms with van der Waals surface area (Å²) in [6, 6.07) is 0. The van der Waals surface area contributed by atoms with Crippen LogP contribution in [0.15, 0.2) is 5.18 Å². The summed E-state index contributed by atoms with van der Waals surface area (Å²) in [6.07, 6.45) is 3.49. The Morgan fingerprint density at radius 3 is 2.50 bits per heavy atom. The summed E-state index contributed by atoms with van der Waals surface area (Å²) in [5, 5.41) is 11.7. The highest BCUT2D eigenvalue weighted by molar-refractivity contribution is 4.67. The summed E-state index contributed by atoms with van der Waals surface area (Å²) in [7, 11) is 0. The summed E-state index contributed by atoms with van der Waals surface area (Å²) in [5.41, 5.74) is -1.34. The van der Waals surface area contributed by atoms with Gasteiger partial charge in [0.25, 0.3) is 0 Å². The van der Waals surface area contributed by atoms with Crippen LogP contribution < -0.4 is 0 Å². The van der Waals surface area contributed by atoms with Gasteiger partial charge in [0, 0.05) is 0 Å². The van der Waals surface area contributed by atoms with Crippen molar-refractivity contribution in [2.75, 3.05) is 0 Å². The van der Waals surface area contributed by atoms with Crippen LogP contribution in [-0.2, 0) is 0 Å². The molecule has 60 valence electrons. The van der Waals surface area contributed by atoms with Crippen LogP contribution in [0.25, 0.3) is 0 Å². The molecule has 0 spiro atoms. The highest BCUT2D eigenvalue weighted by Crippen LogP contribution is 2.14. The van der Waals surface area contributed by atoms with Gasteiger partial charge in [0.05, 0.1) is 0 Å². The second-order valence-electron chi connectivity index (χ2n) is 2.77. The summed E-state index contributed by atoms with van der Waals surface area (Å²) < 4.78 is 0. The van der Waals surface area contributed by atoms with E-state index >= 15 is 0 Å². The zero-order chi connectivity index (χ0) is 8.04. The number of rotatable bonds is 5. The lowest BCUT2D eigenvalue weighted by Crippen LogP contribution is -2.19. The first kappa shape index (κ1) is 9.56. The van der Waals surface area contributed by atoms with Gasteiger partial charge in [-0.1, -0.05) is 19.8 Å². The molecule has 1 unspecified atom stereocenters. The van der Waals surface area contributed by atoms with Crippen LogP contribution >= 0.6 is 0 Å². The molecule has 0 amide bonds. The molecule has 0 rings (SSSR count). The van der Waals surface area contributed by atoms with Crippen LogP contribution in [0, 0.1) is 4.91 Å². The Morgan fingerprint density at radius 1 is 1.50 bits per heavy atom. The Labute approximate surface area is 61.4 Å². The Balaban J connectivity index is 3.37. The molecular formula is C7H15NO2. The van der Waals surface area contributed by atoms with Crippen molar-refractivity contribution in [3.8, 4) is 0 Å². The Hall–Kier alpha value is -0.440. The number of hydrogen-bond donors (Lipinski definition) is 1. The Kier molecular flexibility index (Phi) is 4.19. The first-order valence-corrected chi connectivity index (χ1v) is 3.69. The van der Waals surface area contributed by atoms with Gasteiger partial charge in [-0.25, -0.2) is 0 Å². The molecule has 0 saturated heterocycles. The summed E-state index contributed by atoms with van der Waals surface area (Å²) in [5.74, 6) is 0. The number of nitrogens with zero attached hydrogens (tertiary/aromatic N) is 1. The van der Waals surface area contributed by atoms with E-state index in [1.54, 1.807) is 0 Å². The lowest BCUT2D eigenvalue weighted by molar-refractivity contribution is 0.0560. The van der Waals surface area contributed by atoms with Crippen LogP contribution in [0.4, 0.5) is 0 Å².